The molecule has 0 saturated heterocycles. The minimum absolute atomic E-state index is 0. The Balaban J connectivity index is 0.00000261. The average molecular weight is 518 g/mol. The summed E-state index contributed by atoms with van der Waals surface area (Å²) in [6.07, 6.45) is 0.982. The van der Waals surface area contributed by atoms with Crippen molar-refractivity contribution in [2.45, 2.75) is 13.0 Å². The molecule has 0 aliphatic heterocycles. The molecule has 0 saturated carbocycles. The average Bonchev–Trinajstić information content (AvgIpc) is 3.33. The first kappa shape index (κ1) is 21.6. The van der Waals surface area contributed by atoms with E-state index in [1.165, 1.54) is 4.88 Å². The molecule has 1 aromatic carbocycles. The number of halogens is 2. The largest absolute Gasteiger partial charge is 0.347 e. The van der Waals surface area contributed by atoms with Gasteiger partial charge in [0.2, 0.25) is 11.7 Å². The second-order valence-electron chi connectivity index (χ2n) is 5.67. The van der Waals surface area contributed by atoms with Crippen molar-refractivity contribution in [3.05, 3.63) is 57.6 Å². The SMILES string of the molecule is CN=C(NCc1nc(-c2ccc(Cl)cc2)no1)N(C)CCc1cccs1.I. The maximum atomic E-state index is 5.90. The number of benzene rings is 1. The van der Waals surface area contributed by atoms with Crippen LogP contribution >= 0.6 is 46.9 Å². The summed E-state index contributed by atoms with van der Waals surface area (Å²) < 4.78 is 5.31. The zero-order chi connectivity index (χ0) is 18.4. The van der Waals surface area contributed by atoms with Crippen LogP contribution in [0.15, 0.2) is 51.3 Å². The highest BCUT2D eigenvalue weighted by Crippen LogP contribution is 2.18. The number of aliphatic imine (C=N–C) groups is 1. The van der Waals surface area contributed by atoms with Crippen molar-refractivity contribution in [3.63, 3.8) is 0 Å². The van der Waals surface area contributed by atoms with Gasteiger partial charge in [-0.1, -0.05) is 22.8 Å². The van der Waals surface area contributed by atoms with Gasteiger partial charge < -0.3 is 14.7 Å². The number of hydrogen-bond donors (Lipinski definition) is 1. The van der Waals surface area contributed by atoms with Gasteiger partial charge in [-0.3, -0.25) is 4.99 Å². The summed E-state index contributed by atoms with van der Waals surface area (Å²) in [7, 11) is 3.77. The Bertz CT molecular complexity index is 851. The number of hydrogen-bond acceptors (Lipinski definition) is 5. The van der Waals surface area contributed by atoms with Gasteiger partial charge in [0.05, 0.1) is 6.54 Å². The number of thiophene rings is 1. The highest BCUT2D eigenvalue weighted by molar-refractivity contribution is 14.0. The fourth-order valence-electron chi connectivity index (χ4n) is 2.42. The number of likely N-dealkylation sites (N-methyl/N-ethyl adjacent to an activating group) is 1. The van der Waals surface area contributed by atoms with Crippen LogP contribution in [0.5, 0.6) is 0 Å². The smallest absolute Gasteiger partial charge is 0.246 e. The molecule has 0 aliphatic rings. The number of aromatic nitrogens is 2. The summed E-state index contributed by atoms with van der Waals surface area (Å²) in [4.78, 5) is 12.2. The lowest BCUT2D eigenvalue weighted by molar-refractivity contribution is 0.372. The van der Waals surface area contributed by atoms with Gasteiger partial charge in [-0.15, -0.1) is 35.3 Å². The molecule has 2 aromatic heterocycles. The van der Waals surface area contributed by atoms with Gasteiger partial charge in [0.1, 0.15) is 0 Å². The molecular weight excluding hydrogens is 497 g/mol. The lowest BCUT2D eigenvalue weighted by Gasteiger charge is -2.21. The molecule has 2 heterocycles. The van der Waals surface area contributed by atoms with Crippen LogP contribution in [0.3, 0.4) is 0 Å². The lowest BCUT2D eigenvalue weighted by Crippen LogP contribution is -2.39. The van der Waals surface area contributed by atoms with E-state index in [0.29, 0.717) is 23.3 Å². The molecular formula is C18H21ClIN5OS. The molecule has 0 fully saturated rings. The molecule has 0 amide bonds. The van der Waals surface area contributed by atoms with Gasteiger partial charge in [0.25, 0.3) is 0 Å². The zero-order valence-electron chi connectivity index (χ0n) is 15.1. The van der Waals surface area contributed by atoms with E-state index in [1.807, 2.05) is 19.2 Å². The molecule has 0 atom stereocenters. The van der Waals surface area contributed by atoms with Crippen LogP contribution in [-0.2, 0) is 13.0 Å². The van der Waals surface area contributed by atoms with E-state index < -0.39 is 0 Å². The standard InChI is InChI=1S/C18H20ClN5OS.HI/c1-20-18(24(2)10-9-15-4-3-11-26-15)21-12-16-22-17(23-25-16)13-5-7-14(19)8-6-13;/h3-8,11H,9-10,12H2,1-2H3,(H,20,21);1H. The van der Waals surface area contributed by atoms with Crippen LogP contribution in [0.2, 0.25) is 5.02 Å². The molecule has 6 nitrogen and oxygen atoms in total. The third kappa shape index (κ3) is 6.18. The van der Waals surface area contributed by atoms with Crippen molar-refractivity contribution >= 4 is 52.9 Å². The normalized spacial score (nSPS) is 11.1. The number of guanidine groups is 1. The summed E-state index contributed by atoms with van der Waals surface area (Å²) in [6, 6.07) is 11.5. The second kappa shape index (κ2) is 10.6. The first-order valence-corrected chi connectivity index (χ1v) is 9.44. The number of nitrogens with one attached hydrogen (secondary N) is 1. The van der Waals surface area contributed by atoms with E-state index in [0.717, 1.165) is 24.5 Å². The van der Waals surface area contributed by atoms with Gasteiger partial charge in [-0.25, -0.2) is 0 Å². The first-order valence-electron chi connectivity index (χ1n) is 8.18. The van der Waals surface area contributed by atoms with Crippen molar-refractivity contribution in [3.8, 4) is 11.4 Å². The van der Waals surface area contributed by atoms with Crippen molar-refractivity contribution in [1.29, 1.82) is 0 Å². The molecule has 0 unspecified atom stereocenters. The van der Waals surface area contributed by atoms with Gasteiger partial charge >= 0.3 is 0 Å². The predicted octanol–water partition coefficient (Wildman–Crippen LogP) is 4.32. The Morgan fingerprint density at radius 3 is 2.74 bits per heavy atom. The van der Waals surface area contributed by atoms with E-state index >= 15 is 0 Å². The minimum atomic E-state index is 0. The molecule has 3 aromatic rings. The quantitative estimate of drug-likeness (QED) is 0.300. The van der Waals surface area contributed by atoms with E-state index in [4.69, 9.17) is 16.1 Å². The molecule has 0 radical (unpaired) electrons. The monoisotopic (exact) mass is 517 g/mol. The van der Waals surface area contributed by atoms with E-state index in [1.54, 1.807) is 30.5 Å². The van der Waals surface area contributed by atoms with Crippen LogP contribution in [-0.4, -0.2) is 41.6 Å². The maximum Gasteiger partial charge on any atom is 0.246 e. The summed E-state index contributed by atoms with van der Waals surface area (Å²) in [5.74, 6) is 1.83. The topological polar surface area (TPSA) is 66.5 Å². The van der Waals surface area contributed by atoms with E-state index in [-0.39, 0.29) is 24.0 Å². The molecule has 0 aliphatic carbocycles. The maximum absolute atomic E-state index is 5.90. The highest BCUT2D eigenvalue weighted by atomic mass is 127. The van der Waals surface area contributed by atoms with Gasteiger partial charge in [-0.2, -0.15) is 4.98 Å². The van der Waals surface area contributed by atoms with Crippen LogP contribution in [0.4, 0.5) is 0 Å². The Morgan fingerprint density at radius 1 is 1.30 bits per heavy atom. The Kier molecular flexibility index (Phi) is 8.52. The molecule has 3 rings (SSSR count). The summed E-state index contributed by atoms with van der Waals surface area (Å²) >= 11 is 7.67. The summed E-state index contributed by atoms with van der Waals surface area (Å²) in [6.45, 7) is 1.29. The second-order valence-corrected chi connectivity index (χ2v) is 7.14. The van der Waals surface area contributed by atoms with Crippen molar-refractivity contribution in [2.75, 3.05) is 20.6 Å². The molecule has 27 heavy (non-hydrogen) atoms. The Labute approximate surface area is 184 Å². The summed E-state index contributed by atoms with van der Waals surface area (Å²) in [5.41, 5.74) is 0.863. The fraction of sp³-hybridized carbons (Fsp3) is 0.278. The Hall–Kier alpha value is -1.65. The fourth-order valence-corrected chi connectivity index (χ4v) is 3.25. The van der Waals surface area contributed by atoms with Crippen molar-refractivity contribution in [1.82, 2.24) is 20.4 Å². The van der Waals surface area contributed by atoms with E-state index in [2.05, 4.69) is 42.9 Å². The van der Waals surface area contributed by atoms with Crippen LogP contribution in [0.1, 0.15) is 10.8 Å². The predicted molar refractivity (Wildman–Crippen MR) is 121 cm³/mol. The van der Waals surface area contributed by atoms with Gasteiger partial charge in [0, 0.05) is 36.1 Å². The highest BCUT2D eigenvalue weighted by Gasteiger charge is 2.11. The minimum Gasteiger partial charge on any atom is -0.347 e. The van der Waals surface area contributed by atoms with Crippen LogP contribution < -0.4 is 5.32 Å². The lowest BCUT2D eigenvalue weighted by atomic mass is 10.2. The number of rotatable bonds is 6. The number of nitrogens with zero attached hydrogens (tertiary/aromatic N) is 4. The first-order chi connectivity index (χ1) is 12.7. The zero-order valence-corrected chi connectivity index (χ0v) is 19.0. The Morgan fingerprint density at radius 2 is 2.07 bits per heavy atom. The molecule has 0 bridgehead atoms. The van der Waals surface area contributed by atoms with E-state index in [9.17, 15) is 0 Å². The molecule has 0 spiro atoms. The molecule has 9 heteroatoms. The van der Waals surface area contributed by atoms with Crippen LogP contribution in [0.25, 0.3) is 11.4 Å². The third-order valence-corrected chi connectivity index (χ3v) is 5.00. The molecule has 1 N–H and O–H groups in total. The van der Waals surface area contributed by atoms with Gasteiger partial charge in [0.15, 0.2) is 5.96 Å². The van der Waals surface area contributed by atoms with Gasteiger partial charge in [-0.05, 0) is 42.1 Å². The van der Waals surface area contributed by atoms with Crippen LogP contribution in [0, 0.1) is 0 Å². The summed E-state index contributed by atoms with van der Waals surface area (Å²) in [5, 5.41) is 10.0. The molecule has 144 valence electrons. The van der Waals surface area contributed by atoms with Crippen molar-refractivity contribution < 1.29 is 4.52 Å². The van der Waals surface area contributed by atoms with Crippen molar-refractivity contribution in [2.24, 2.45) is 4.99 Å². The third-order valence-electron chi connectivity index (χ3n) is 3.82.